The van der Waals surface area contributed by atoms with E-state index in [9.17, 15) is 43.2 Å². The molecule has 0 amide bonds. The number of esters is 4. The highest BCUT2D eigenvalue weighted by atomic mass is 31.2. The van der Waals surface area contributed by atoms with Gasteiger partial charge in [-0.2, -0.15) is 0 Å². The van der Waals surface area contributed by atoms with E-state index in [2.05, 4.69) is 27.7 Å². The number of carbonyl (C=O) groups is 4. The Balaban J connectivity index is 5.19. The van der Waals surface area contributed by atoms with Gasteiger partial charge in [0.2, 0.25) is 0 Å². The number of hydrogen-bond donors (Lipinski definition) is 3. The highest BCUT2D eigenvalue weighted by molar-refractivity contribution is 7.47. The molecular formula is C86H168O17P2. The predicted molar refractivity (Wildman–Crippen MR) is 432 cm³/mol. The van der Waals surface area contributed by atoms with Crippen LogP contribution in [0.2, 0.25) is 0 Å². The third-order valence-electron chi connectivity index (χ3n) is 20.4. The largest absolute Gasteiger partial charge is 0.472 e. The molecule has 19 heteroatoms. The molecule has 0 aromatic rings. The molecule has 0 radical (unpaired) electrons. The van der Waals surface area contributed by atoms with Crippen molar-refractivity contribution in [3.05, 3.63) is 0 Å². The van der Waals surface area contributed by atoms with Crippen LogP contribution in [0.15, 0.2) is 0 Å². The van der Waals surface area contributed by atoms with Gasteiger partial charge in [0.15, 0.2) is 12.2 Å². The molecule has 17 nitrogen and oxygen atoms in total. The van der Waals surface area contributed by atoms with Gasteiger partial charge in [-0.1, -0.05) is 419 Å². The van der Waals surface area contributed by atoms with Crippen LogP contribution in [0.1, 0.15) is 471 Å². The van der Waals surface area contributed by atoms with Crippen molar-refractivity contribution >= 4 is 39.5 Å². The number of aliphatic hydroxyl groups is 1. The maximum absolute atomic E-state index is 13.1. The third-order valence-corrected chi connectivity index (χ3v) is 22.3. The summed E-state index contributed by atoms with van der Waals surface area (Å²) in [4.78, 5) is 73.1. The van der Waals surface area contributed by atoms with Gasteiger partial charge in [-0.15, -0.1) is 0 Å². The number of hydrogen-bond acceptors (Lipinski definition) is 15. The minimum atomic E-state index is -4.96. The zero-order valence-electron chi connectivity index (χ0n) is 68.7. The smallest absolute Gasteiger partial charge is 0.462 e. The summed E-state index contributed by atoms with van der Waals surface area (Å²) in [5.74, 6) is -2.10. The first-order chi connectivity index (χ1) is 51.2. The van der Waals surface area contributed by atoms with E-state index >= 15 is 0 Å². The van der Waals surface area contributed by atoms with Crippen molar-refractivity contribution in [2.24, 2.45) is 0 Å². The van der Waals surface area contributed by atoms with Crippen LogP contribution in [0.3, 0.4) is 0 Å². The lowest BCUT2D eigenvalue weighted by Crippen LogP contribution is -2.30. The van der Waals surface area contributed by atoms with Gasteiger partial charge in [0.05, 0.1) is 26.4 Å². The average molecular weight is 1540 g/mol. The summed E-state index contributed by atoms with van der Waals surface area (Å²) in [6.45, 7) is 5.04. The van der Waals surface area contributed by atoms with Crippen LogP contribution in [0.4, 0.5) is 0 Å². The van der Waals surface area contributed by atoms with Crippen molar-refractivity contribution < 1.29 is 80.2 Å². The lowest BCUT2D eigenvalue weighted by molar-refractivity contribution is -0.161. The van der Waals surface area contributed by atoms with Crippen LogP contribution in [0.25, 0.3) is 0 Å². The third kappa shape index (κ3) is 79.9. The second-order valence-corrected chi connectivity index (χ2v) is 33.8. The lowest BCUT2D eigenvalue weighted by atomic mass is 10.0. The summed E-state index contributed by atoms with van der Waals surface area (Å²) < 4.78 is 68.8. The predicted octanol–water partition coefficient (Wildman–Crippen LogP) is 26.5. The SMILES string of the molecule is CCCCCCCCCCCCCCCCCCCCCCCCC(=O)O[C@H](COC(=O)CCCCCCCCCCCCCCCCCCCCC)COP(=O)(O)OC[C@@H](O)COP(=O)(O)OC[C@@H](COC(=O)CCCCCCCCCCC)OC(=O)CCCCCCCCCCCCCCCCC. The molecule has 0 aliphatic heterocycles. The van der Waals surface area contributed by atoms with Gasteiger partial charge in [-0.25, -0.2) is 9.13 Å². The number of aliphatic hydroxyl groups excluding tert-OH is 1. The highest BCUT2D eigenvalue weighted by Crippen LogP contribution is 2.45. The summed E-state index contributed by atoms with van der Waals surface area (Å²) >= 11 is 0. The van der Waals surface area contributed by atoms with Crippen molar-refractivity contribution in [2.75, 3.05) is 39.6 Å². The maximum Gasteiger partial charge on any atom is 0.472 e. The van der Waals surface area contributed by atoms with Gasteiger partial charge >= 0.3 is 39.5 Å². The molecule has 105 heavy (non-hydrogen) atoms. The van der Waals surface area contributed by atoms with Crippen LogP contribution < -0.4 is 0 Å². The molecule has 0 saturated carbocycles. The second-order valence-electron chi connectivity index (χ2n) is 30.9. The molecule has 0 fully saturated rings. The van der Waals surface area contributed by atoms with E-state index in [4.69, 9.17) is 37.0 Å². The minimum Gasteiger partial charge on any atom is -0.462 e. The van der Waals surface area contributed by atoms with Crippen LogP contribution in [0.5, 0.6) is 0 Å². The number of carbonyl (C=O) groups excluding carboxylic acids is 4. The van der Waals surface area contributed by atoms with Gasteiger partial charge in [-0.3, -0.25) is 37.3 Å². The summed E-state index contributed by atoms with van der Waals surface area (Å²) in [5, 5.41) is 10.7. The summed E-state index contributed by atoms with van der Waals surface area (Å²) in [5.41, 5.74) is 0. The minimum absolute atomic E-state index is 0.109. The lowest BCUT2D eigenvalue weighted by Gasteiger charge is -2.21. The van der Waals surface area contributed by atoms with Crippen molar-refractivity contribution in [3.8, 4) is 0 Å². The molecule has 0 rings (SSSR count). The quantitative estimate of drug-likeness (QED) is 0.0222. The van der Waals surface area contributed by atoms with E-state index in [1.54, 1.807) is 0 Å². The summed E-state index contributed by atoms with van der Waals surface area (Å²) in [7, 11) is -9.92. The van der Waals surface area contributed by atoms with E-state index < -0.39 is 97.5 Å². The molecule has 2 unspecified atom stereocenters. The Labute approximate surface area is 645 Å². The number of phosphoric acid groups is 2. The molecule has 0 heterocycles. The van der Waals surface area contributed by atoms with Crippen LogP contribution >= 0.6 is 15.6 Å². The molecule has 0 spiro atoms. The van der Waals surface area contributed by atoms with Gasteiger partial charge in [0.25, 0.3) is 0 Å². The Morgan fingerprint density at radius 3 is 0.562 bits per heavy atom. The first-order valence-electron chi connectivity index (χ1n) is 44.8. The van der Waals surface area contributed by atoms with Crippen molar-refractivity contribution in [2.45, 2.75) is 489 Å². The number of rotatable bonds is 87. The normalized spacial score (nSPS) is 13.7. The van der Waals surface area contributed by atoms with Crippen molar-refractivity contribution in [3.63, 3.8) is 0 Å². The van der Waals surface area contributed by atoms with Crippen LogP contribution in [0, 0.1) is 0 Å². The fourth-order valence-electron chi connectivity index (χ4n) is 13.5. The monoisotopic (exact) mass is 1540 g/mol. The molecule has 0 aliphatic carbocycles. The Morgan fingerprint density at radius 1 is 0.229 bits per heavy atom. The van der Waals surface area contributed by atoms with Crippen LogP contribution in [-0.2, 0) is 65.4 Å². The molecule has 0 bridgehead atoms. The van der Waals surface area contributed by atoms with Crippen molar-refractivity contribution in [1.82, 2.24) is 0 Å². The summed E-state index contributed by atoms with van der Waals surface area (Å²) in [6.07, 6.45) is 75.1. The van der Waals surface area contributed by atoms with Crippen molar-refractivity contribution in [1.29, 1.82) is 0 Å². The summed E-state index contributed by atoms with van der Waals surface area (Å²) in [6, 6.07) is 0. The van der Waals surface area contributed by atoms with E-state index in [0.29, 0.717) is 25.7 Å². The topological polar surface area (TPSA) is 237 Å². The molecular weight excluding hydrogens is 1370 g/mol. The highest BCUT2D eigenvalue weighted by Gasteiger charge is 2.30. The van der Waals surface area contributed by atoms with E-state index in [0.717, 1.165) is 89.9 Å². The molecule has 0 aromatic carbocycles. The maximum atomic E-state index is 13.1. The van der Waals surface area contributed by atoms with Gasteiger partial charge in [-0.05, 0) is 25.7 Å². The fourth-order valence-corrected chi connectivity index (χ4v) is 15.1. The molecule has 0 saturated heterocycles. The molecule has 0 aliphatic rings. The number of phosphoric ester groups is 2. The average Bonchev–Trinajstić information content (AvgIpc) is 0.910. The first-order valence-corrected chi connectivity index (χ1v) is 47.8. The van der Waals surface area contributed by atoms with E-state index in [-0.39, 0.29) is 25.7 Å². The Kier molecular flexibility index (Phi) is 78.6. The second kappa shape index (κ2) is 80.1. The first kappa shape index (κ1) is 103. The van der Waals surface area contributed by atoms with E-state index in [1.165, 1.54) is 302 Å². The van der Waals surface area contributed by atoms with E-state index in [1.807, 2.05) is 0 Å². The van der Waals surface area contributed by atoms with Gasteiger partial charge < -0.3 is 33.8 Å². The zero-order valence-corrected chi connectivity index (χ0v) is 70.5. The molecule has 0 aromatic heterocycles. The zero-order chi connectivity index (χ0) is 76.7. The number of unbranched alkanes of at least 4 members (excludes halogenated alkanes) is 61. The Hall–Kier alpha value is -1.94. The standard InChI is InChI=1S/C86H168O17P2/c1-5-9-13-17-21-25-28-31-34-36-38-39-40-42-44-47-50-53-57-61-65-69-73-86(91)103-82(77-97-84(89)71-67-63-59-55-51-48-46-43-41-37-35-32-29-26-22-18-14-10-6-2)79-101-105(94,95)99-75-80(87)74-98-104(92,93)100-78-81(76-96-83(88)70-66-62-58-54-24-20-16-12-8-4)102-85(90)72-68-64-60-56-52-49-45-33-30-27-23-19-15-11-7-3/h80-82,87H,5-79H2,1-4H3,(H,92,93)(H,94,95)/t80-,81+,82+/m0/s1. The molecule has 5 atom stereocenters. The fraction of sp³-hybridized carbons (Fsp3) is 0.953. The van der Waals surface area contributed by atoms with Crippen LogP contribution in [-0.4, -0.2) is 96.7 Å². The number of ether oxygens (including phenoxy) is 4. The molecule has 3 N–H and O–H groups in total. The Bertz CT molecular complexity index is 1980. The molecule has 624 valence electrons. The van der Waals surface area contributed by atoms with Gasteiger partial charge in [0, 0.05) is 25.7 Å². The van der Waals surface area contributed by atoms with Gasteiger partial charge in [0.1, 0.15) is 19.3 Å². The Morgan fingerprint density at radius 2 is 0.381 bits per heavy atom.